The molecule has 212 valence electrons. The fourth-order valence-electron chi connectivity index (χ4n) is 4.39. The van der Waals surface area contributed by atoms with Crippen LogP contribution >= 0.6 is 0 Å². The van der Waals surface area contributed by atoms with Crippen LogP contribution in [0, 0.1) is 11.2 Å². The van der Waals surface area contributed by atoms with E-state index in [4.69, 9.17) is 9.47 Å². The van der Waals surface area contributed by atoms with Crippen LogP contribution in [-0.4, -0.2) is 47.7 Å². The number of fused-ring (bicyclic) bond motifs is 5. The normalized spacial score (nSPS) is 15.6. The molecule has 2 N–H and O–H groups in total. The van der Waals surface area contributed by atoms with E-state index in [1.165, 1.54) is 19.4 Å². The summed E-state index contributed by atoms with van der Waals surface area (Å²) in [5.74, 6) is 2.27. The summed E-state index contributed by atoms with van der Waals surface area (Å²) in [5.41, 5.74) is 2.06. The van der Waals surface area contributed by atoms with Crippen molar-refractivity contribution in [2.45, 2.75) is 39.8 Å². The van der Waals surface area contributed by atoms with Crippen LogP contribution in [0.3, 0.4) is 0 Å². The zero-order valence-corrected chi connectivity index (χ0v) is 22.9. The van der Waals surface area contributed by atoms with E-state index in [0.29, 0.717) is 39.0 Å². The molecule has 1 aromatic carbocycles. The molecule has 2 amide bonds. The zero-order valence-electron chi connectivity index (χ0n) is 22.1. The maximum atomic E-state index is 13.6. The van der Waals surface area contributed by atoms with Crippen molar-refractivity contribution in [3.8, 4) is 28.2 Å². The molecule has 3 aromatic heterocycles. The first-order valence-electron chi connectivity index (χ1n) is 12.1. The predicted molar refractivity (Wildman–Crippen MR) is 155 cm³/mol. The molecule has 6 rings (SSSR count). The van der Waals surface area contributed by atoms with Crippen molar-refractivity contribution in [1.82, 2.24) is 19.3 Å². The Hall–Kier alpha value is -4.89. The van der Waals surface area contributed by atoms with Crippen LogP contribution in [0.2, 0.25) is 0 Å². The summed E-state index contributed by atoms with van der Waals surface area (Å²) < 4.78 is 39.8. The van der Waals surface area contributed by atoms with Crippen molar-refractivity contribution in [1.29, 1.82) is 0 Å². The number of sulfonamides is 1. The first-order valence-corrected chi connectivity index (χ1v) is 13.6. The van der Waals surface area contributed by atoms with Crippen LogP contribution < -0.4 is 14.8 Å². The summed E-state index contributed by atoms with van der Waals surface area (Å²) >= 11 is 0. The van der Waals surface area contributed by atoms with E-state index in [2.05, 4.69) is 31.2 Å². The Bertz CT molecular complexity index is 1830. The molecular formula is C29H29N5O6S. The van der Waals surface area contributed by atoms with Gasteiger partial charge in [-0.2, -0.15) is 8.42 Å². The molecule has 0 saturated carbocycles. The molecule has 0 spiro atoms. The molecule has 1 atom stereocenters. The van der Waals surface area contributed by atoms with Crippen LogP contribution in [0.4, 0.5) is 10.6 Å². The Morgan fingerprint density at radius 1 is 1.10 bits per heavy atom. The first-order chi connectivity index (χ1) is 18.9. The highest BCUT2D eigenvalue weighted by molar-refractivity contribution is 7.94. The van der Waals surface area contributed by atoms with Gasteiger partial charge in [-0.25, -0.2) is 19.5 Å². The van der Waals surface area contributed by atoms with Crippen LogP contribution in [-0.2, 0) is 19.6 Å². The Labute approximate surface area is 238 Å². The molecule has 4 bridgehead atoms. The number of nitrogens with one attached hydrogen (secondary N) is 2. The third-order valence-corrected chi connectivity index (χ3v) is 6.75. The highest BCUT2D eigenvalue weighted by Crippen LogP contribution is 2.38. The van der Waals surface area contributed by atoms with E-state index in [1.54, 1.807) is 68.1 Å². The van der Waals surface area contributed by atoms with Gasteiger partial charge in [-0.3, -0.25) is 10.1 Å². The number of carbonyl (C=O) groups excluding carboxylic acids is 2. The largest absolute Gasteiger partial charge is 0.481 e. The lowest BCUT2D eigenvalue weighted by Crippen LogP contribution is -2.36. The van der Waals surface area contributed by atoms with Crippen LogP contribution in [0.15, 0.2) is 61.1 Å². The minimum absolute atomic E-state index is 0. The van der Waals surface area contributed by atoms with Gasteiger partial charge in [0.15, 0.2) is 0 Å². The minimum Gasteiger partial charge on any atom is -0.481 e. The number of ether oxygens (including phenoxy) is 2. The summed E-state index contributed by atoms with van der Waals surface area (Å²) in [5, 5.41) is 5.43. The molecule has 1 unspecified atom stereocenters. The van der Waals surface area contributed by atoms with Crippen molar-refractivity contribution >= 4 is 38.7 Å². The smallest absolute Gasteiger partial charge is 0.413 e. The topological polar surface area (TPSA) is 142 Å². The van der Waals surface area contributed by atoms with Crippen LogP contribution in [0.1, 0.15) is 45.4 Å². The number of anilines is 1. The average molecular weight is 576 g/mol. The van der Waals surface area contributed by atoms with E-state index in [1.807, 2.05) is 6.07 Å². The highest BCUT2D eigenvalue weighted by Gasteiger charge is 2.30. The highest BCUT2D eigenvalue weighted by atomic mass is 32.2. The van der Waals surface area contributed by atoms with Gasteiger partial charge in [0.2, 0.25) is 5.88 Å². The second-order valence-electron chi connectivity index (χ2n) is 9.94. The summed E-state index contributed by atoms with van der Waals surface area (Å²) in [4.78, 5) is 34.5. The van der Waals surface area contributed by atoms with Gasteiger partial charge in [0.1, 0.15) is 17.5 Å². The Balaban J connectivity index is 0.00000387. The van der Waals surface area contributed by atoms with Gasteiger partial charge in [0, 0.05) is 46.2 Å². The first kappa shape index (κ1) is 29.1. The van der Waals surface area contributed by atoms with Crippen molar-refractivity contribution < 1.29 is 27.5 Å². The number of methoxy groups -OCH3 is 1. The van der Waals surface area contributed by atoms with Gasteiger partial charge in [-0.15, -0.1) is 0 Å². The monoisotopic (exact) mass is 575 g/mol. The molecule has 11 nitrogen and oxygen atoms in total. The molecule has 2 aliphatic heterocycles. The van der Waals surface area contributed by atoms with Crippen molar-refractivity contribution in [2.24, 2.45) is 0 Å². The van der Waals surface area contributed by atoms with E-state index in [-0.39, 0.29) is 13.2 Å². The lowest BCUT2D eigenvalue weighted by Gasteiger charge is -2.21. The number of amides is 2. The Kier molecular flexibility index (Phi) is 7.76. The quantitative estimate of drug-likeness (QED) is 0.340. The van der Waals surface area contributed by atoms with E-state index in [0.717, 1.165) is 0 Å². The van der Waals surface area contributed by atoms with Gasteiger partial charge in [0.05, 0.1) is 12.4 Å². The summed E-state index contributed by atoms with van der Waals surface area (Å²) in [6.45, 7) is 5.18. The van der Waals surface area contributed by atoms with Crippen LogP contribution in [0.25, 0.3) is 22.0 Å². The third kappa shape index (κ3) is 6.15. The molecule has 5 heterocycles. The van der Waals surface area contributed by atoms with Crippen molar-refractivity contribution in [3.05, 3.63) is 72.2 Å². The Morgan fingerprint density at radius 2 is 1.88 bits per heavy atom. The fraction of sp³-hybridized carbons (Fsp3) is 0.241. The molecule has 4 aromatic rings. The second-order valence-corrected chi connectivity index (χ2v) is 11.4. The number of nitrogens with zero attached hydrogens (tertiary/aromatic N) is 3. The number of pyridine rings is 2. The molecule has 0 fully saturated rings. The van der Waals surface area contributed by atoms with Gasteiger partial charge in [-0.1, -0.05) is 7.43 Å². The SMILES string of the molecule is C.COc1ncccc1-c1cn2c3ccc(cc13)C#CS(=O)(=O)NC(=O)C2c1ccnc(NC(=O)OC(C)(C)C)c1. The minimum atomic E-state index is -4.29. The van der Waals surface area contributed by atoms with Crippen molar-refractivity contribution in [2.75, 3.05) is 12.4 Å². The van der Waals surface area contributed by atoms with Crippen LogP contribution in [0.5, 0.6) is 5.88 Å². The standard InChI is InChI=1S/C28H25N5O6S.CH4/c1-28(2,3)39-27(35)31-23-15-18(9-12-29-23)24-25(34)32-40(36,37)13-10-17-7-8-22-20(14-17)21(16-33(22)24)19-6-5-11-30-26(19)38-4;/h5-9,11-12,14-16,24H,1-4H3,(H,32,34)(H,29,31,35);1H4. The van der Waals surface area contributed by atoms with E-state index >= 15 is 0 Å². The summed E-state index contributed by atoms with van der Waals surface area (Å²) in [6.07, 6.45) is 4.02. The second kappa shape index (κ2) is 10.9. The third-order valence-electron chi connectivity index (χ3n) is 5.91. The van der Waals surface area contributed by atoms with E-state index in [9.17, 15) is 18.0 Å². The lowest BCUT2D eigenvalue weighted by molar-refractivity contribution is -0.121. The average Bonchev–Trinajstić information content (AvgIpc) is 3.23. The maximum absolute atomic E-state index is 13.6. The zero-order chi connectivity index (χ0) is 28.7. The molecule has 0 saturated heterocycles. The van der Waals surface area contributed by atoms with Crippen molar-refractivity contribution in [3.63, 3.8) is 0 Å². The summed E-state index contributed by atoms with van der Waals surface area (Å²) in [7, 11) is -2.78. The molecule has 41 heavy (non-hydrogen) atoms. The maximum Gasteiger partial charge on any atom is 0.413 e. The molecule has 2 aliphatic rings. The number of rotatable bonds is 4. The van der Waals surface area contributed by atoms with Gasteiger partial charge in [-0.05, 0) is 74.7 Å². The number of hydrogen-bond acceptors (Lipinski definition) is 8. The van der Waals surface area contributed by atoms with Gasteiger partial charge >= 0.3 is 16.1 Å². The van der Waals surface area contributed by atoms with Gasteiger partial charge in [0.25, 0.3) is 5.91 Å². The number of benzene rings is 1. The van der Waals surface area contributed by atoms with E-state index < -0.39 is 33.7 Å². The fourth-order valence-corrected chi connectivity index (χ4v) is 5.07. The Morgan fingerprint density at radius 3 is 2.61 bits per heavy atom. The number of carbonyl (C=O) groups is 2. The molecular weight excluding hydrogens is 546 g/mol. The number of aromatic nitrogens is 3. The molecule has 0 aliphatic carbocycles. The summed E-state index contributed by atoms with van der Waals surface area (Å²) in [6, 6.07) is 10.7. The molecule has 0 radical (unpaired) electrons. The molecule has 12 heteroatoms. The predicted octanol–water partition coefficient (Wildman–Crippen LogP) is 4.45. The van der Waals surface area contributed by atoms with Gasteiger partial charge < -0.3 is 14.0 Å². The lowest BCUT2D eigenvalue weighted by atomic mass is 10.0. The number of hydrogen-bond donors (Lipinski definition) is 2.